The van der Waals surface area contributed by atoms with Crippen LogP contribution < -0.4 is 0 Å². The highest BCUT2D eigenvalue weighted by molar-refractivity contribution is 5.20. The molecule has 0 spiro atoms. The topological polar surface area (TPSA) is 9.23 Å². The number of ether oxygens (including phenoxy) is 1. The fourth-order valence-corrected chi connectivity index (χ4v) is 0.956. The van der Waals surface area contributed by atoms with Crippen LogP contribution >= 0.6 is 0 Å². The Labute approximate surface area is 74.1 Å². The number of hydrogen-bond donors (Lipinski definition) is 0. The maximum Gasteiger partial charge on any atom is 0.386 e. The molecular formula is C9H9F3O. The maximum atomic E-state index is 13.0. The molecule has 0 radical (unpaired) electrons. The molecule has 0 fully saturated rings. The fourth-order valence-electron chi connectivity index (χ4n) is 0.956. The molecule has 0 atom stereocenters. The minimum atomic E-state index is -3.54. The highest BCUT2D eigenvalue weighted by Crippen LogP contribution is 2.30. The summed E-state index contributed by atoms with van der Waals surface area (Å²) < 4.78 is 42.9. The molecule has 13 heavy (non-hydrogen) atoms. The van der Waals surface area contributed by atoms with Crippen LogP contribution in [0.25, 0.3) is 0 Å². The molecule has 0 aliphatic rings. The van der Waals surface area contributed by atoms with Gasteiger partial charge < -0.3 is 4.74 Å². The fraction of sp³-hybridized carbons (Fsp3) is 0.333. The lowest BCUT2D eigenvalue weighted by Crippen LogP contribution is -2.19. The van der Waals surface area contributed by atoms with Crippen LogP contribution in [0.5, 0.6) is 0 Å². The number of alkyl halides is 2. The Kier molecular flexibility index (Phi) is 2.93. The van der Waals surface area contributed by atoms with Crippen LogP contribution in [0.4, 0.5) is 13.2 Å². The predicted octanol–water partition coefficient (Wildman–Crippen LogP) is 2.91. The molecule has 0 unspecified atom stereocenters. The van der Waals surface area contributed by atoms with Crippen LogP contribution in [0.1, 0.15) is 12.5 Å². The van der Waals surface area contributed by atoms with Crippen molar-refractivity contribution in [3.05, 3.63) is 35.6 Å². The van der Waals surface area contributed by atoms with Crippen molar-refractivity contribution in [2.45, 2.75) is 13.0 Å². The SMILES string of the molecule is CCOC(F)(F)c1ccccc1F. The van der Waals surface area contributed by atoms with E-state index in [-0.39, 0.29) is 6.61 Å². The highest BCUT2D eigenvalue weighted by atomic mass is 19.3. The zero-order chi connectivity index (χ0) is 9.90. The van der Waals surface area contributed by atoms with Crippen LogP contribution in [0, 0.1) is 5.82 Å². The van der Waals surface area contributed by atoms with E-state index in [0.717, 1.165) is 12.1 Å². The van der Waals surface area contributed by atoms with Crippen LogP contribution in [0.2, 0.25) is 0 Å². The van der Waals surface area contributed by atoms with Gasteiger partial charge in [-0.2, -0.15) is 8.78 Å². The zero-order valence-electron chi connectivity index (χ0n) is 7.06. The van der Waals surface area contributed by atoms with E-state index in [1.807, 2.05) is 0 Å². The summed E-state index contributed by atoms with van der Waals surface area (Å²) in [5.74, 6) is -0.957. The predicted molar refractivity (Wildman–Crippen MR) is 41.9 cm³/mol. The minimum absolute atomic E-state index is 0.165. The Morgan fingerprint density at radius 2 is 1.92 bits per heavy atom. The molecule has 0 N–H and O–H groups in total. The third kappa shape index (κ3) is 2.21. The normalized spacial score (nSPS) is 11.7. The van der Waals surface area contributed by atoms with Crippen molar-refractivity contribution >= 4 is 0 Å². The van der Waals surface area contributed by atoms with Crippen molar-refractivity contribution in [1.82, 2.24) is 0 Å². The Balaban J connectivity index is 2.99. The second-order valence-corrected chi connectivity index (χ2v) is 2.43. The van der Waals surface area contributed by atoms with Gasteiger partial charge in [0.1, 0.15) is 5.82 Å². The first-order valence-corrected chi connectivity index (χ1v) is 3.84. The van der Waals surface area contributed by atoms with E-state index >= 15 is 0 Å². The van der Waals surface area contributed by atoms with Crippen molar-refractivity contribution in [1.29, 1.82) is 0 Å². The monoisotopic (exact) mass is 190 g/mol. The van der Waals surface area contributed by atoms with E-state index in [1.165, 1.54) is 19.1 Å². The first-order valence-electron chi connectivity index (χ1n) is 3.84. The summed E-state index contributed by atoms with van der Waals surface area (Å²) in [7, 11) is 0. The molecular weight excluding hydrogens is 181 g/mol. The van der Waals surface area contributed by atoms with Gasteiger partial charge in [-0.25, -0.2) is 4.39 Å². The minimum Gasteiger partial charge on any atom is -0.317 e. The van der Waals surface area contributed by atoms with Crippen molar-refractivity contribution in [2.24, 2.45) is 0 Å². The summed E-state index contributed by atoms with van der Waals surface area (Å²) >= 11 is 0. The zero-order valence-corrected chi connectivity index (χ0v) is 7.06. The molecule has 4 heteroatoms. The molecule has 0 amide bonds. The lowest BCUT2D eigenvalue weighted by molar-refractivity contribution is -0.247. The summed E-state index contributed by atoms with van der Waals surface area (Å²) in [5.41, 5.74) is -0.725. The van der Waals surface area contributed by atoms with Gasteiger partial charge in [-0.3, -0.25) is 0 Å². The molecule has 0 saturated carbocycles. The number of benzene rings is 1. The second kappa shape index (κ2) is 3.79. The third-order valence-corrected chi connectivity index (χ3v) is 1.51. The number of halogens is 3. The molecule has 1 rings (SSSR count). The van der Waals surface area contributed by atoms with Gasteiger partial charge in [0.25, 0.3) is 0 Å². The summed E-state index contributed by atoms with van der Waals surface area (Å²) in [6, 6.07) is 4.67. The average molecular weight is 190 g/mol. The quantitative estimate of drug-likeness (QED) is 0.712. The molecule has 0 aliphatic heterocycles. The first kappa shape index (κ1) is 10.1. The maximum absolute atomic E-state index is 13.0. The smallest absolute Gasteiger partial charge is 0.317 e. The van der Waals surface area contributed by atoms with E-state index in [0.29, 0.717) is 0 Å². The molecule has 1 aromatic carbocycles. The molecule has 0 aliphatic carbocycles. The van der Waals surface area contributed by atoms with Crippen molar-refractivity contribution < 1.29 is 17.9 Å². The van der Waals surface area contributed by atoms with Crippen LogP contribution in [-0.4, -0.2) is 6.61 Å². The summed E-state index contributed by atoms with van der Waals surface area (Å²) in [5, 5.41) is 0. The Morgan fingerprint density at radius 1 is 1.31 bits per heavy atom. The lowest BCUT2D eigenvalue weighted by atomic mass is 10.2. The van der Waals surface area contributed by atoms with E-state index < -0.39 is 17.5 Å². The second-order valence-electron chi connectivity index (χ2n) is 2.43. The molecule has 72 valence electrons. The van der Waals surface area contributed by atoms with Gasteiger partial charge in [-0.15, -0.1) is 0 Å². The van der Waals surface area contributed by atoms with E-state index in [9.17, 15) is 13.2 Å². The summed E-state index contributed by atoms with van der Waals surface area (Å²) in [6.45, 7) is 1.26. The van der Waals surface area contributed by atoms with Crippen molar-refractivity contribution in [2.75, 3.05) is 6.61 Å². The average Bonchev–Trinajstić information content (AvgIpc) is 2.04. The first-order chi connectivity index (χ1) is 6.08. The number of hydrogen-bond acceptors (Lipinski definition) is 1. The van der Waals surface area contributed by atoms with Crippen LogP contribution in [0.15, 0.2) is 24.3 Å². The largest absolute Gasteiger partial charge is 0.386 e. The Morgan fingerprint density at radius 3 is 2.46 bits per heavy atom. The van der Waals surface area contributed by atoms with Crippen LogP contribution in [0.3, 0.4) is 0 Å². The standard InChI is InChI=1S/C9H9F3O/c1-2-13-9(11,12)7-5-3-4-6-8(7)10/h3-6H,2H2,1H3. The molecule has 0 bridgehead atoms. The molecule has 1 nitrogen and oxygen atoms in total. The Bertz CT molecular complexity index is 286. The molecule has 0 saturated heterocycles. The summed E-state index contributed by atoms with van der Waals surface area (Å²) in [6.07, 6.45) is -3.54. The van der Waals surface area contributed by atoms with Gasteiger partial charge in [0.15, 0.2) is 0 Å². The van der Waals surface area contributed by atoms with Gasteiger partial charge in [-0.05, 0) is 19.1 Å². The van der Waals surface area contributed by atoms with Crippen molar-refractivity contribution in [3.63, 3.8) is 0 Å². The molecule has 0 heterocycles. The molecule has 0 aromatic heterocycles. The summed E-state index contributed by atoms with van der Waals surface area (Å²) in [4.78, 5) is 0. The number of rotatable bonds is 3. The van der Waals surface area contributed by atoms with Gasteiger partial charge in [0.2, 0.25) is 0 Å². The van der Waals surface area contributed by atoms with Crippen molar-refractivity contribution in [3.8, 4) is 0 Å². The van der Waals surface area contributed by atoms with E-state index in [4.69, 9.17) is 0 Å². The van der Waals surface area contributed by atoms with Gasteiger partial charge in [0.05, 0.1) is 12.2 Å². The van der Waals surface area contributed by atoms with E-state index in [2.05, 4.69) is 4.74 Å². The van der Waals surface area contributed by atoms with Gasteiger partial charge >= 0.3 is 6.11 Å². The van der Waals surface area contributed by atoms with E-state index in [1.54, 1.807) is 0 Å². The lowest BCUT2D eigenvalue weighted by Gasteiger charge is -2.16. The third-order valence-electron chi connectivity index (χ3n) is 1.51. The molecule has 1 aromatic rings. The van der Waals surface area contributed by atoms with Gasteiger partial charge in [-0.1, -0.05) is 12.1 Å². The van der Waals surface area contributed by atoms with Gasteiger partial charge in [0, 0.05) is 0 Å². The Hall–Kier alpha value is -1.03. The van der Waals surface area contributed by atoms with Crippen LogP contribution in [-0.2, 0) is 10.8 Å². The highest BCUT2D eigenvalue weighted by Gasteiger charge is 2.34.